The first-order chi connectivity index (χ1) is 8.19. The highest BCUT2D eigenvalue weighted by molar-refractivity contribution is 8.13. The molecule has 8 heteroatoms. The van der Waals surface area contributed by atoms with E-state index >= 15 is 0 Å². The Labute approximate surface area is 125 Å². The van der Waals surface area contributed by atoms with E-state index in [9.17, 15) is 8.42 Å². The quantitative estimate of drug-likeness (QED) is 0.588. The second kappa shape index (κ2) is 6.53. The van der Waals surface area contributed by atoms with Gasteiger partial charge in [0, 0.05) is 22.7 Å². The molecule has 0 fully saturated rings. The topological polar surface area (TPSA) is 43.4 Å². The second-order valence-corrected chi connectivity index (χ2v) is 7.86. The van der Waals surface area contributed by atoms with Crippen LogP contribution in [0.25, 0.3) is 0 Å². The molecular weight excluding hydrogens is 342 g/mol. The summed E-state index contributed by atoms with van der Waals surface area (Å²) < 4.78 is 27.1. The fourth-order valence-corrected chi connectivity index (χ4v) is 3.25. The molecule has 1 aromatic rings. The summed E-state index contributed by atoms with van der Waals surface area (Å²) in [4.78, 5) is 0. The third-order valence-electron chi connectivity index (χ3n) is 1.98. The van der Waals surface area contributed by atoms with E-state index in [1.54, 1.807) is 6.92 Å². The molecule has 1 aromatic carbocycles. The average Bonchev–Trinajstić information content (AvgIpc) is 2.19. The number of ether oxygens (including phenoxy) is 1. The van der Waals surface area contributed by atoms with Crippen LogP contribution >= 0.6 is 45.5 Å². The van der Waals surface area contributed by atoms with Crippen molar-refractivity contribution >= 4 is 54.5 Å². The van der Waals surface area contributed by atoms with Crippen LogP contribution in [0.1, 0.15) is 6.92 Å². The van der Waals surface area contributed by atoms with E-state index in [0.717, 1.165) is 0 Å². The van der Waals surface area contributed by atoms with Crippen molar-refractivity contribution in [1.82, 2.24) is 0 Å². The maximum atomic E-state index is 10.9. The smallest absolute Gasteiger partial charge is 0.232 e. The van der Waals surface area contributed by atoms with Gasteiger partial charge in [-0.15, -0.1) is 0 Å². The highest BCUT2D eigenvalue weighted by Crippen LogP contribution is 2.34. The summed E-state index contributed by atoms with van der Waals surface area (Å²) in [6.07, 6.45) is 0. The van der Waals surface area contributed by atoms with Crippen molar-refractivity contribution in [3.8, 4) is 5.75 Å². The Morgan fingerprint density at radius 3 is 2.28 bits per heavy atom. The van der Waals surface area contributed by atoms with Gasteiger partial charge in [-0.2, -0.15) is 0 Å². The van der Waals surface area contributed by atoms with Crippen LogP contribution in [0.15, 0.2) is 12.1 Å². The molecule has 0 aromatic heterocycles. The average molecular weight is 352 g/mol. The molecule has 0 bridgehead atoms. The minimum atomic E-state index is -3.54. The SMILES string of the molecule is CC(COc1cc(Cl)c(Cl)cc1Cl)CS(=O)(=O)Cl. The van der Waals surface area contributed by atoms with Crippen LogP contribution in [0.3, 0.4) is 0 Å². The first kappa shape index (κ1) is 16.2. The highest BCUT2D eigenvalue weighted by Gasteiger charge is 2.14. The molecule has 3 nitrogen and oxygen atoms in total. The van der Waals surface area contributed by atoms with Gasteiger partial charge in [0.05, 0.1) is 27.4 Å². The van der Waals surface area contributed by atoms with Crippen LogP contribution in [-0.4, -0.2) is 20.8 Å². The van der Waals surface area contributed by atoms with Gasteiger partial charge in [-0.05, 0) is 6.07 Å². The third kappa shape index (κ3) is 5.41. The normalized spacial score (nSPS) is 13.4. The summed E-state index contributed by atoms with van der Waals surface area (Å²) in [5.74, 6) is -0.0871. The summed E-state index contributed by atoms with van der Waals surface area (Å²) in [7, 11) is 1.60. The molecule has 1 unspecified atom stereocenters. The minimum Gasteiger partial charge on any atom is -0.492 e. The molecule has 102 valence electrons. The summed E-state index contributed by atoms with van der Waals surface area (Å²) in [6.45, 7) is 1.86. The maximum absolute atomic E-state index is 10.9. The molecular formula is C10H10Cl4O3S. The molecule has 0 heterocycles. The van der Waals surface area contributed by atoms with Gasteiger partial charge in [-0.3, -0.25) is 0 Å². The van der Waals surface area contributed by atoms with Crippen LogP contribution in [0, 0.1) is 5.92 Å². The Morgan fingerprint density at radius 2 is 1.72 bits per heavy atom. The van der Waals surface area contributed by atoms with Gasteiger partial charge in [-0.1, -0.05) is 41.7 Å². The van der Waals surface area contributed by atoms with E-state index < -0.39 is 9.05 Å². The van der Waals surface area contributed by atoms with E-state index in [1.807, 2.05) is 0 Å². The lowest BCUT2D eigenvalue weighted by molar-refractivity contribution is 0.272. The highest BCUT2D eigenvalue weighted by atomic mass is 35.7. The zero-order valence-electron chi connectivity index (χ0n) is 9.29. The Balaban J connectivity index is 2.67. The molecule has 1 rings (SSSR count). The maximum Gasteiger partial charge on any atom is 0.232 e. The first-order valence-corrected chi connectivity index (χ1v) is 8.50. The standard InChI is InChI=1S/C10H10Cl4O3S/c1-6(5-18(14,15)16)4-17-10-3-8(12)7(11)2-9(10)13/h2-3,6H,4-5H2,1H3. The van der Waals surface area contributed by atoms with Crippen LogP contribution in [0.4, 0.5) is 0 Å². The fourth-order valence-electron chi connectivity index (χ4n) is 1.23. The van der Waals surface area contributed by atoms with Gasteiger partial charge < -0.3 is 4.74 Å². The van der Waals surface area contributed by atoms with Crippen LogP contribution in [0.5, 0.6) is 5.75 Å². The molecule has 0 aliphatic rings. The number of benzene rings is 1. The number of hydrogen-bond donors (Lipinski definition) is 0. The molecule has 0 saturated carbocycles. The molecule has 0 aliphatic carbocycles. The molecule has 0 radical (unpaired) electrons. The molecule has 18 heavy (non-hydrogen) atoms. The van der Waals surface area contributed by atoms with E-state index in [-0.39, 0.29) is 18.3 Å². The molecule has 0 N–H and O–H groups in total. The van der Waals surface area contributed by atoms with Crippen molar-refractivity contribution in [3.63, 3.8) is 0 Å². The van der Waals surface area contributed by atoms with Gasteiger partial charge in [0.2, 0.25) is 9.05 Å². The van der Waals surface area contributed by atoms with E-state index in [4.69, 9.17) is 50.2 Å². The van der Waals surface area contributed by atoms with Crippen LogP contribution in [-0.2, 0) is 9.05 Å². The molecule has 1 atom stereocenters. The van der Waals surface area contributed by atoms with Crippen molar-refractivity contribution < 1.29 is 13.2 Å². The lowest BCUT2D eigenvalue weighted by Crippen LogP contribution is -2.16. The first-order valence-electron chi connectivity index (χ1n) is 4.88. The summed E-state index contributed by atoms with van der Waals surface area (Å²) >= 11 is 17.5. The monoisotopic (exact) mass is 350 g/mol. The number of rotatable bonds is 5. The second-order valence-electron chi connectivity index (χ2n) is 3.82. The predicted molar refractivity (Wildman–Crippen MR) is 75.8 cm³/mol. The fraction of sp³-hybridized carbons (Fsp3) is 0.400. The van der Waals surface area contributed by atoms with E-state index in [2.05, 4.69) is 0 Å². The van der Waals surface area contributed by atoms with Gasteiger partial charge >= 0.3 is 0 Å². The van der Waals surface area contributed by atoms with Gasteiger partial charge in [0.25, 0.3) is 0 Å². The summed E-state index contributed by atoms with van der Waals surface area (Å²) in [6, 6.07) is 2.94. The Hall–Kier alpha value is 0.130. The van der Waals surface area contributed by atoms with Gasteiger partial charge in [-0.25, -0.2) is 8.42 Å². The molecule has 0 amide bonds. The largest absolute Gasteiger partial charge is 0.492 e. The minimum absolute atomic E-state index is 0.156. The van der Waals surface area contributed by atoms with Crippen molar-refractivity contribution in [2.45, 2.75) is 6.92 Å². The molecule has 0 saturated heterocycles. The van der Waals surface area contributed by atoms with E-state index in [0.29, 0.717) is 20.8 Å². The Morgan fingerprint density at radius 1 is 1.17 bits per heavy atom. The van der Waals surface area contributed by atoms with Crippen molar-refractivity contribution in [2.24, 2.45) is 5.92 Å². The van der Waals surface area contributed by atoms with E-state index in [1.165, 1.54) is 12.1 Å². The van der Waals surface area contributed by atoms with Crippen molar-refractivity contribution in [2.75, 3.05) is 12.4 Å². The van der Waals surface area contributed by atoms with Crippen LogP contribution in [0.2, 0.25) is 15.1 Å². The summed E-state index contributed by atoms with van der Waals surface area (Å²) in [5.41, 5.74) is 0. The van der Waals surface area contributed by atoms with Crippen molar-refractivity contribution in [1.29, 1.82) is 0 Å². The lowest BCUT2D eigenvalue weighted by atomic mass is 10.2. The lowest BCUT2D eigenvalue weighted by Gasteiger charge is -2.13. The predicted octanol–water partition coefficient (Wildman–Crippen LogP) is 4.23. The van der Waals surface area contributed by atoms with Crippen LogP contribution < -0.4 is 4.74 Å². The third-order valence-corrected chi connectivity index (χ3v) is 4.34. The zero-order valence-corrected chi connectivity index (χ0v) is 13.1. The Kier molecular flexibility index (Phi) is 5.87. The number of hydrogen-bond acceptors (Lipinski definition) is 3. The Bertz CT molecular complexity index is 530. The molecule has 0 aliphatic heterocycles. The zero-order chi connectivity index (χ0) is 13.9. The molecule has 0 spiro atoms. The number of halogens is 4. The van der Waals surface area contributed by atoms with Gasteiger partial charge in [0.1, 0.15) is 5.75 Å². The van der Waals surface area contributed by atoms with Gasteiger partial charge in [0.15, 0.2) is 0 Å². The summed E-state index contributed by atoms with van der Waals surface area (Å²) in [5, 5.41) is 0.949. The van der Waals surface area contributed by atoms with Crippen molar-refractivity contribution in [3.05, 3.63) is 27.2 Å².